The topological polar surface area (TPSA) is 53.7 Å². The molecule has 0 aromatic carbocycles. The van der Waals surface area contributed by atoms with Crippen molar-refractivity contribution in [2.75, 3.05) is 33.2 Å². The van der Waals surface area contributed by atoms with Crippen LogP contribution in [0.25, 0.3) is 5.65 Å². The monoisotopic (exact) mass is 431 g/mol. The van der Waals surface area contributed by atoms with Gasteiger partial charge in [0.15, 0.2) is 11.3 Å². The van der Waals surface area contributed by atoms with Crippen molar-refractivity contribution < 1.29 is 18.0 Å². The quantitative estimate of drug-likeness (QED) is 0.728. The third kappa shape index (κ3) is 3.48. The minimum atomic E-state index is -4.66. The Morgan fingerprint density at radius 3 is 2.61 bits per heavy atom. The molecular weight excluding hydrogens is 415 g/mol. The molecule has 2 aromatic heterocycles. The maximum absolute atomic E-state index is 13.7. The molecule has 1 unspecified atom stereocenters. The molecule has 150 valence electrons. The van der Waals surface area contributed by atoms with Gasteiger partial charge in [0.2, 0.25) is 0 Å². The average Bonchev–Trinajstić information content (AvgIpc) is 3.29. The van der Waals surface area contributed by atoms with Crippen LogP contribution in [0.4, 0.5) is 13.2 Å². The number of hydrogen-bond acceptors (Lipinski definition) is 5. The van der Waals surface area contributed by atoms with Crippen LogP contribution in [0.1, 0.15) is 33.5 Å². The van der Waals surface area contributed by atoms with Gasteiger partial charge in [-0.05, 0) is 24.9 Å². The van der Waals surface area contributed by atoms with E-state index in [2.05, 4.69) is 15.0 Å². The van der Waals surface area contributed by atoms with Gasteiger partial charge in [0.25, 0.3) is 5.91 Å². The lowest BCUT2D eigenvalue weighted by Gasteiger charge is -2.31. The summed E-state index contributed by atoms with van der Waals surface area (Å²) in [6.45, 7) is 2.29. The van der Waals surface area contributed by atoms with E-state index in [1.807, 2.05) is 18.5 Å². The predicted octanol–water partition coefficient (Wildman–Crippen LogP) is 3.48. The molecule has 28 heavy (non-hydrogen) atoms. The van der Waals surface area contributed by atoms with Crippen molar-refractivity contribution in [3.8, 4) is 0 Å². The van der Waals surface area contributed by atoms with E-state index in [1.165, 1.54) is 11.8 Å². The summed E-state index contributed by atoms with van der Waals surface area (Å²) in [4.78, 5) is 20.8. The SMILES string of the molecule is CN1CCN(C(=O)c2nn3c(C(F)(F)F)cc(C4CC=CS4)nc3c2Cl)CC1. The Kier molecular flexibility index (Phi) is 5.05. The Labute approximate surface area is 168 Å². The van der Waals surface area contributed by atoms with Crippen LogP contribution in [0.5, 0.6) is 0 Å². The van der Waals surface area contributed by atoms with Crippen molar-refractivity contribution in [3.05, 3.63) is 39.7 Å². The average molecular weight is 432 g/mol. The second kappa shape index (κ2) is 7.23. The summed E-state index contributed by atoms with van der Waals surface area (Å²) in [5.41, 5.74) is -1.05. The van der Waals surface area contributed by atoms with Gasteiger partial charge in [-0.2, -0.15) is 18.3 Å². The van der Waals surface area contributed by atoms with E-state index in [-0.39, 0.29) is 27.3 Å². The molecule has 0 saturated carbocycles. The number of alkyl halides is 3. The Balaban J connectivity index is 1.79. The van der Waals surface area contributed by atoms with Crippen LogP contribution < -0.4 is 0 Å². The number of hydrogen-bond donors (Lipinski definition) is 0. The molecule has 4 heterocycles. The molecule has 1 saturated heterocycles. The molecule has 11 heteroatoms. The Morgan fingerprint density at radius 1 is 1.29 bits per heavy atom. The zero-order valence-corrected chi connectivity index (χ0v) is 16.5. The standard InChI is InChI=1S/C17H17ClF3N5OS/c1-24-4-6-25(7-5-24)16(27)14-13(18)15-22-10(11-3-2-8-28-11)9-12(17(19,20)21)26(15)23-14/h2,8-9,11H,3-7H2,1H3. The van der Waals surface area contributed by atoms with E-state index in [1.54, 1.807) is 4.90 Å². The van der Waals surface area contributed by atoms with E-state index < -0.39 is 17.8 Å². The number of nitrogens with zero attached hydrogens (tertiary/aromatic N) is 5. The molecule has 2 aliphatic heterocycles. The first-order valence-corrected chi connectivity index (χ1v) is 10.0. The first-order valence-electron chi connectivity index (χ1n) is 8.70. The third-order valence-corrected chi connectivity index (χ3v) is 6.32. The minimum Gasteiger partial charge on any atom is -0.335 e. The predicted molar refractivity (Wildman–Crippen MR) is 100 cm³/mol. The van der Waals surface area contributed by atoms with E-state index in [4.69, 9.17) is 11.6 Å². The largest absolute Gasteiger partial charge is 0.433 e. The molecule has 6 nitrogen and oxygen atoms in total. The summed E-state index contributed by atoms with van der Waals surface area (Å²) in [5.74, 6) is -0.477. The van der Waals surface area contributed by atoms with E-state index in [0.717, 1.165) is 6.07 Å². The van der Waals surface area contributed by atoms with Crippen molar-refractivity contribution in [3.63, 3.8) is 0 Å². The van der Waals surface area contributed by atoms with Crippen LogP contribution in [0.3, 0.4) is 0 Å². The van der Waals surface area contributed by atoms with Gasteiger partial charge in [-0.15, -0.1) is 11.8 Å². The molecule has 4 rings (SSSR count). The van der Waals surface area contributed by atoms with Gasteiger partial charge < -0.3 is 9.80 Å². The summed E-state index contributed by atoms with van der Waals surface area (Å²) >= 11 is 7.71. The van der Waals surface area contributed by atoms with Gasteiger partial charge in [-0.1, -0.05) is 17.7 Å². The van der Waals surface area contributed by atoms with Gasteiger partial charge in [0.1, 0.15) is 10.7 Å². The summed E-state index contributed by atoms with van der Waals surface area (Å²) in [7, 11) is 1.94. The van der Waals surface area contributed by atoms with Gasteiger partial charge >= 0.3 is 6.18 Å². The first-order chi connectivity index (χ1) is 13.3. The number of rotatable bonds is 2. The van der Waals surface area contributed by atoms with Crippen molar-refractivity contribution >= 4 is 34.9 Å². The number of fused-ring (bicyclic) bond motifs is 1. The fourth-order valence-corrected chi connectivity index (χ4v) is 4.38. The molecular formula is C17H17ClF3N5OS. The van der Waals surface area contributed by atoms with Gasteiger partial charge in [0, 0.05) is 26.2 Å². The molecule has 0 N–H and O–H groups in total. The number of amides is 1. The van der Waals surface area contributed by atoms with E-state index in [0.29, 0.717) is 37.1 Å². The molecule has 1 atom stereocenters. The van der Waals surface area contributed by atoms with Crippen LogP contribution in [-0.4, -0.2) is 63.5 Å². The molecule has 0 aliphatic carbocycles. The molecule has 2 aromatic rings. The normalized spacial score (nSPS) is 21.0. The fourth-order valence-electron chi connectivity index (χ4n) is 3.25. The highest BCUT2D eigenvalue weighted by Gasteiger charge is 2.38. The molecule has 1 fully saturated rings. The molecule has 0 bridgehead atoms. The van der Waals surface area contributed by atoms with Crippen molar-refractivity contribution in [2.45, 2.75) is 17.8 Å². The highest BCUT2D eigenvalue weighted by atomic mass is 35.5. The number of piperazine rings is 1. The number of carbonyl (C=O) groups is 1. The number of allylic oxidation sites excluding steroid dienone is 1. The Hall–Kier alpha value is -1.78. The van der Waals surface area contributed by atoms with E-state index >= 15 is 0 Å². The first kappa shape index (κ1) is 19.5. The van der Waals surface area contributed by atoms with Crippen molar-refractivity contribution in [1.82, 2.24) is 24.4 Å². The lowest BCUT2D eigenvalue weighted by Crippen LogP contribution is -2.47. The number of carbonyl (C=O) groups excluding carboxylic acids is 1. The van der Waals surface area contributed by atoms with Crippen LogP contribution in [0, 0.1) is 0 Å². The summed E-state index contributed by atoms with van der Waals surface area (Å²) in [5, 5.41) is 5.39. The lowest BCUT2D eigenvalue weighted by molar-refractivity contribution is -0.142. The van der Waals surface area contributed by atoms with Crippen LogP contribution in [0.15, 0.2) is 17.6 Å². The summed E-state index contributed by atoms with van der Waals surface area (Å²) < 4.78 is 41.6. The van der Waals surface area contributed by atoms with Gasteiger partial charge in [-0.25, -0.2) is 9.50 Å². The molecule has 1 amide bonds. The van der Waals surface area contributed by atoms with Crippen LogP contribution >= 0.6 is 23.4 Å². The second-order valence-corrected chi connectivity index (χ2v) is 8.28. The molecule has 2 aliphatic rings. The summed E-state index contributed by atoms with van der Waals surface area (Å²) in [6, 6.07) is 0.991. The van der Waals surface area contributed by atoms with Crippen molar-refractivity contribution in [2.24, 2.45) is 0 Å². The Morgan fingerprint density at radius 2 is 2.00 bits per heavy atom. The number of likely N-dealkylation sites (N-methyl/N-ethyl adjacent to an activating group) is 1. The maximum atomic E-state index is 13.7. The fraction of sp³-hybridized carbons (Fsp3) is 0.471. The third-order valence-electron chi connectivity index (χ3n) is 4.86. The minimum absolute atomic E-state index is 0.142. The van der Waals surface area contributed by atoms with Crippen LogP contribution in [0.2, 0.25) is 5.02 Å². The smallest absolute Gasteiger partial charge is 0.335 e. The van der Waals surface area contributed by atoms with Gasteiger partial charge in [-0.3, -0.25) is 4.79 Å². The van der Waals surface area contributed by atoms with Crippen molar-refractivity contribution in [1.29, 1.82) is 0 Å². The highest BCUT2D eigenvalue weighted by molar-refractivity contribution is 8.02. The lowest BCUT2D eigenvalue weighted by atomic mass is 10.2. The number of aromatic nitrogens is 3. The van der Waals surface area contributed by atoms with Crippen LogP contribution in [-0.2, 0) is 6.18 Å². The number of thioether (sulfide) groups is 1. The second-order valence-electron chi connectivity index (χ2n) is 6.79. The molecule has 0 spiro atoms. The molecule has 0 radical (unpaired) electrons. The Bertz CT molecular complexity index is 944. The van der Waals surface area contributed by atoms with E-state index in [9.17, 15) is 18.0 Å². The van der Waals surface area contributed by atoms with Gasteiger partial charge in [0.05, 0.1) is 10.9 Å². The highest BCUT2D eigenvalue weighted by Crippen LogP contribution is 2.40. The zero-order valence-electron chi connectivity index (χ0n) is 14.9. The zero-order chi connectivity index (χ0) is 20.1. The summed E-state index contributed by atoms with van der Waals surface area (Å²) in [6.07, 6.45) is -2.19. The number of halogens is 4. The maximum Gasteiger partial charge on any atom is 0.433 e.